The van der Waals surface area contributed by atoms with E-state index in [-0.39, 0.29) is 5.41 Å². The van der Waals surface area contributed by atoms with E-state index < -0.39 is 0 Å². The molecule has 0 aliphatic carbocycles. The summed E-state index contributed by atoms with van der Waals surface area (Å²) in [6.45, 7) is 6.34. The molecular formula is C9H15ClS. The van der Waals surface area contributed by atoms with Gasteiger partial charge < -0.3 is 0 Å². The van der Waals surface area contributed by atoms with Gasteiger partial charge in [-0.05, 0) is 32.4 Å². The normalized spacial score (nSPS) is 10.5. The molecule has 64 valence electrons. The van der Waals surface area contributed by atoms with Crippen molar-refractivity contribution in [2.45, 2.75) is 27.2 Å². The van der Waals surface area contributed by atoms with Gasteiger partial charge in [0.05, 0.1) is 0 Å². The Morgan fingerprint density at radius 1 is 1.36 bits per heavy atom. The van der Waals surface area contributed by atoms with Gasteiger partial charge in [0.15, 0.2) is 0 Å². The van der Waals surface area contributed by atoms with Gasteiger partial charge in [0, 0.05) is 17.0 Å². The highest BCUT2D eigenvalue weighted by atomic mass is 35.5. The molecule has 0 bridgehead atoms. The summed E-state index contributed by atoms with van der Waals surface area (Å²) in [7, 11) is 0. The Bertz CT molecular complexity index is 147. The fraction of sp³-hybridized carbons (Fsp3) is 0.778. The van der Waals surface area contributed by atoms with Gasteiger partial charge in [-0.2, -0.15) is 0 Å². The van der Waals surface area contributed by atoms with Crippen molar-refractivity contribution in [2.24, 2.45) is 5.41 Å². The maximum Gasteiger partial charge on any atom is 0.0239 e. The summed E-state index contributed by atoms with van der Waals surface area (Å²) in [6.07, 6.45) is 1.05. The highest BCUT2D eigenvalue weighted by Gasteiger charge is 2.02. The topological polar surface area (TPSA) is 0 Å². The summed E-state index contributed by atoms with van der Waals surface area (Å²) in [5.74, 6) is 4.94. The van der Waals surface area contributed by atoms with Crippen LogP contribution in [-0.2, 0) is 0 Å². The summed E-state index contributed by atoms with van der Waals surface area (Å²) in [5.41, 5.74) is 0.133. The average molecular weight is 191 g/mol. The molecule has 0 aliphatic rings. The summed E-state index contributed by atoms with van der Waals surface area (Å²) >= 11 is 7.17. The fourth-order valence-electron chi connectivity index (χ4n) is 0.367. The first-order valence-corrected chi connectivity index (χ1v) is 5.28. The summed E-state index contributed by atoms with van der Waals surface area (Å²) in [6, 6.07) is 0. The second-order valence-electron chi connectivity index (χ2n) is 3.37. The molecule has 0 nitrogen and oxygen atoms in total. The second-order valence-corrected chi connectivity index (χ2v) is 4.65. The number of halogens is 1. The van der Waals surface area contributed by atoms with E-state index in [1.165, 1.54) is 0 Å². The van der Waals surface area contributed by atoms with Crippen LogP contribution in [0.2, 0.25) is 0 Å². The number of hydrogen-bond acceptors (Lipinski definition) is 1. The van der Waals surface area contributed by atoms with Crippen LogP contribution in [0.15, 0.2) is 0 Å². The van der Waals surface area contributed by atoms with Crippen LogP contribution in [0, 0.1) is 16.6 Å². The van der Waals surface area contributed by atoms with E-state index in [0.717, 1.165) is 18.1 Å². The average Bonchev–Trinajstić information content (AvgIpc) is 1.85. The van der Waals surface area contributed by atoms with Gasteiger partial charge in [-0.15, -0.1) is 11.6 Å². The Hall–Kier alpha value is 0.200. The number of hydrogen-bond donors (Lipinski definition) is 0. The van der Waals surface area contributed by atoms with Crippen LogP contribution in [0.4, 0.5) is 0 Å². The third-order valence-electron chi connectivity index (χ3n) is 0.878. The van der Waals surface area contributed by atoms with Gasteiger partial charge in [-0.1, -0.05) is 17.7 Å². The molecule has 0 amide bonds. The minimum Gasteiger partial charge on any atom is -0.127 e. The first-order chi connectivity index (χ1) is 5.06. The molecule has 0 aromatic carbocycles. The standard InChI is InChI=1S/C9H15ClS/c1-9(2,3)5-8-11-7-4-6-10/h4,6-7H2,1-3H3. The zero-order chi connectivity index (χ0) is 8.74. The molecule has 0 saturated carbocycles. The molecule has 0 aromatic heterocycles. The molecule has 0 aromatic rings. The Balaban J connectivity index is 3.41. The van der Waals surface area contributed by atoms with Gasteiger partial charge in [0.25, 0.3) is 0 Å². The first-order valence-electron chi connectivity index (χ1n) is 3.76. The Morgan fingerprint density at radius 3 is 2.45 bits per heavy atom. The second kappa shape index (κ2) is 5.80. The van der Waals surface area contributed by atoms with E-state index in [9.17, 15) is 0 Å². The zero-order valence-corrected chi connectivity index (χ0v) is 8.98. The van der Waals surface area contributed by atoms with Crippen LogP contribution in [-0.4, -0.2) is 11.6 Å². The number of alkyl halides is 1. The summed E-state index contributed by atoms with van der Waals surface area (Å²) in [5, 5.41) is 3.07. The van der Waals surface area contributed by atoms with Crippen molar-refractivity contribution in [1.82, 2.24) is 0 Å². The smallest absolute Gasteiger partial charge is 0.0239 e. The van der Waals surface area contributed by atoms with E-state index in [4.69, 9.17) is 11.6 Å². The maximum absolute atomic E-state index is 5.51. The number of thioether (sulfide) groups is 1. The van der Waals surface area contributed by atoms with Gasteiger partial charge in [0.1, 0.15) is 0 Å². The van der Waals surface area contributed by atoms with Crippen LogP contribution >= 0.6 is 23.4 Å². The van der Waals surface area contributed by atoms with E-state index in [0.29, 0.717) is 0 Å². The summed E-state index contributed by atoms with van der Waals surface area (Å²) < 4.78 is 0. The van der Waals surface area contributed by atoms with E-state index in [1.54, 1.807) is 11.8 Å². The van der Waals surface area contributed by atoms with Crippen LogP contribution in [0.25, 0.3) is 0 Å². The molecule has 0 rings (SSSR count). The minimum atomic E-state index is 0.133. The zero-order valence-electron chi connectivity index (χ0n) is 7.41. The van der Waals surface area contributed by atoms with Crippen molar-refractivity contribution < 1.29 is 0 Å². The third kappa shape index (κ3) is 10.2. The highest BCUT2D eigenvalue weighted by Crippen LogP contribution is 2.11. The van der Waals surface area contributed by atoms with Crippen molar-refractivity contribution in [3.8, 4) is 11.2 Å². The highest BCUT2D eigenvalue weighted by molar-refractivity contribution is 8.03. The largest absolute Gasteiger partial charge is 0.127 e. The van der Waals surface area contributed by atoms with Crippen molar-refractivity contribution in [1.29, 1.82) is 0 Å². The molecule has 0 radical (unpaired) electrons. The molecule has 0 aliphatic heterocycles. The molecular weight excluding hydrogens is 176 g/mol. The molecule has 2 heteroatoms. The van der Waals surface area contributed by atoms with Gasteiger partial charge in [0.2, 0.25) is 0 Å². The molecule has 0 spiro atoms. The van der Waals surface area contributed by atoms with Gasteiger partial charge in [-0.3, -0.25) is 0 Å². The molecule has 0 fully saturated rings. The lowest BCUT2D eigenvalue weighted by molar-refractivity contribution is 0.571. The quantitative estimate of drug-likeness (QED) is 0.374. The van der Waals surface area contributed by atoms with Crippen LogP contribution in [0.1, 0.15) is 27.2 Å². The minimum absolute atomic E-state index is 0.133. The Labute approximate surface area is 79.1 Å². The number of rotatable bonds is 3. The Kier molecular flexibility index (Phi) is 5.91. The van der Waals surface area contributed by atoms with E-state index in [2.05, 4.69) is 31.9 Å². The Morgan fingerprint density at radius 2 is 2.00 bits per heavy atom. The SMILES string of the molecule is CC(C)(C)C#CSCCCCl. The molecule has 11 heavy (non-hydrogen) atoms. The molecule has 0 unspecified atom stereocenters. The van der Waals surface area contributed by atoms with Gasteiger partial charge >= 0.3 is 0 Å². The van der Waals surface area contributed by atoms with Gasteiger partial charge in [-0.25, -0.2) is 0 Å². The molecule has 0 heterocycles. The summed E-state index contributed by atoms with van der Waals surface area (Å²) in [4.78, 5) is 0. The van der Waals surface area contributed by atoms with Crippen LogP contribution < -0.4 is 0 Å². The lowest BCUT2D eigenvalue weighted by atomic mass is 9.99. The third-order valence-corrected chi connectivity index (χ3v) is 1.88. The predicted molar refractivity (Wildman–Crippen MR) is 55.0 cm³/mol. The van der Waals surface area contributed by atoms with Crippen molar-refractivity contribution >= 4 is 23.4 Å². The molecule has 0 N–H and O–H groups in total. The predicted octanol–water partition coefficient (Wildman–Crippen LogP) is 3.36. The van der Waals surface area contributed by atoms with E-state index in [1.807, 2.05) is 0 Å². The first kappa shape index (κ1) is 11.2. The lowest BCUT2D eigenvalue weighted by Gasteiger charge is -2.06. The van der Waals surface area contributed by atoms with Crippen molar-refractivity contribution in [2.75, 3.05) is 11.6 Å². The van der Waals surface area contributed by atoms with Crippen LogP contribution in [0.5, 0.6) is 0 Å². The molecule has 0 saturated heterocycles. The maximum atomic E-state index is 5.51. The molecule has 0 atom stereocenters. The van der Waals surface area contributed by atoms with Crippen molar-refractivity contribution in [3.05, 3.63) is 0 Å². The van der Waals surface area contributed by atoms with Crippen molar-refractivity contribution in [3.63, 3.8) is 0 Å². The monoisotopic (exact) mass is 190 g/mol. The fourth-order valence-corrected chi connectivity index (χ4v) is 1.43. The van der Waals surface area contributed by atoms with Crippen LogP contribution in [0.3, 0.4) is 0 Å². The van der Waals surface area contributed by atoms with E-state index >= 15 is 0 Å². The lowest BCUT2D eigenvalue weighted by Crippen LogP contribution is -1.98.